The van der Waals surface area contributed by atoms with Crippen LogP contribution in [0.25, 0.3) is 10.4 Å². The Bertz CT molecular complexity index is 1810. The van der Waals surface area contributed by atoms with Crippen molar-refractivity contribution < 1.29 is 29.0 Å². The number of amides is 4. The Morgan fingerprint density at radius 3 is 2.44 bits per heavy atom. The molecule has 0 bridgehead atoms. The third kappa shape index (κ3) is 11.4. The first kappa shape index (κ1) is 44.0. The third-order valence-corrected chi connectivity index (χ3v) is 11.6. The number of carbonyl (C=O) groups is 4. The van der Waals surface area contributed by atoms with E-state index in [2.05, 4.69) is 15.6 Å². The fourth-order valence-corrected chi connectivity index (χ4v) is 7.96. The minimum Gasteiger partial charge on any atom is -0.490 e. The van der Waals surface area contributed by atoms with Gasteiger partial charge in [0.15, 0.2) is 0 Å². The van der Waals surface area contributed by atoms with Crippen molar-refractivity contribution >= 4 is 59.0 Å². The van der Waals surface area contributed by atoms with E-state index in [0.29, 0.717) is 36.5 Å². The van der Waals surface area contributed by atoms with Crippen molar-refractivity contribution in [2.75, 3.05) is 13.2 Å². The van der Waals surface area contributed by atoms with E-state index in [1.165, 1.54) is 4.90 Å². The summed E-state index contributed by atoms with van der Waals surface area (Å²) in [5.41, 5.74) is 15.8. The maximum atomic E-state index is 14.1. The van der Waals surface area contributed by atoms with E-state index >= 15 is 0 Å². The average molecular weight is 818 g/mol. The third-order valence-electron chi connectivity index (χ3n) is 10.2. The van der Waals surface area contributed by atoms with E-state index in [-0.39, 0.29) is 68.6 Å². The molecule has 4 amide bonds. The van der Waals surface area contributed by atoms with Gasteiger partial charge in [0, 0.05) is 31.8 Å². The van der Waals surface area contributed by atoms with Crippen LogP contribution in [0.2, 0.25) is 5.02 Å². The molecule has 1 aliphatic heterocycles. The van der Waals surface area contributed by atoms with Crippen LogP contribution in [0.15, 0.2) is 48.0 Å². The van der Waals surface area contributed by atoms with Crippen molar-refractivity contribution in [2.45, 2.75) is 115 Å². The van der Waals surface area contributed by atoms with Gasteiger partial charge in [-0.3, -0.25) is 19.2 Å². The number of aromatic nitrogens is 1. The molecule has 55 heavy (non-hydrogen) atoms. The highest BCUT2D eigenvalue weighted by Gasteiger charge is 2.50. The molecule has 5 rings (SSSR count). The van der Waals surface area contributed by atoms with Gasteiger partial charge >= 0.3 is 0 Å². The molecule has 2 fully saturated rings. The largest absolute Gasteiger partial charge is 0.490 e. The second kappa shape index (κ2) is 18.9. The van der Waals surface area contributed by atoms with Gasteiger partial charge < -0.3 is 36.8 Å². The van der Waals surface area contributed by atoms with Crippen LogP contribution in [0, 0.1) is 12.3 Å². The SMILES string of the molecule is Cc1ncsc1-c1ccc(C2(NC(=O)[C@@H]3C[C@@H](O)CN3C(=O)[C@@H](NC(=O)CCCCc3cccc(OC[C@@H](N)CCC(N)=O)c3Cl)C(C)(C)C)CC2)cc1.Cl. The molecule has 1 aromatic heterocycles. The lowest BCUT2D eigenvalue weighted by atomic mass is 9.85. The van der Waals surface area contributed by atoms with Crippen molar-refractivity contribution in [3.63, 3.8) is 0 Å². The molecule has 12 nitrogen and oxygen atoms in total. The van der Waals surface area contributed by atoms with E-state index in [1.54, 1.807) is 17.4 Å². The molecule has 15 heteroatoms. The van der Waals surface area contributed by atoms with Gasteiger partial charge in [-0.25, -0.2) is 4.98 Å². The maximum Gasteiger partial charge on any atom is 0.246 e. The number of rotatable bonds is 17. The number of unbranched alkanes of at least 4 members (excludes halogenated alkanes) is 1. The lowest BCUT2D eigenvalue weighted by Gasteiger charge is -2.35. The molecule has 2 heterocycles. The summed E-state index contributed by atoms with van der Waals surface area (Å²) in [7, 11) is 0. The number of primary amides is 1. The second-order valence-corrected chi connectivity index (χ2v) is 16.9. The fraction of sp³-hybridized carbons (Fsp3) is 0.525. The number of ether oxygens (including phenoxy) is 1. The van der Waals surface area contributed by atoms with Crippen LogP contribution in [0.5, 0.6) is 5.75 Å². The maximum absolute atomic E-state index is 14.1. The highest BCUT2D eigenvalue weighted by atomic mass is 35.5. The number of aliphatic hydroxyl groups is 1. The number of benzene rings is 2. The summed E-state index contributed by atoms with van der Waals surface area (Å²) in [6.45, 7) is 7.80. The number of nitrogens with two attached hydrogens (primary N) is 2. The fourth-order valence-electron chi connectivity index (χ4n) is 6.87. The van der Waals surface area contributed by atoms with Crippen LogP contribution in [-0.4, -0.2) is 76.0 Å². The molecule has 0 unspecified atom stereocenters. The Morgan fingerprint density at radius 1 is 1.11 bits per heavy atom. The lowest BCUT2D eigenvalue weighted by Crippen LogP contribution is -2.58. The standard InChI is InChI=1S/C40H53ClN6O6S.ClH/c1-24-35(54-23-44-24)26-12-14-27(15-13-26)40(18-19-40)46-37(51)30-20-29(48)21-47(30)38(52)36(39(2,3)4)45-33(50)11-6-5-8-25-9-7-10-31(34(25)41)53-22-28(42)16-17-32(43)49;/h7,9-10,12-15,23,28-30,36,48H,5-6,8,11,16-22,42H2,1-4H3,(H2,43,49)(H,45,50)(H,46,51);1H/t28-,29+,30-,36+;/m0./s1. The van der Waals surface area contributed by atoms with Crippen molar-refractivity contribution in [1.82, 2.24) is 20.5 Å². The Kier molecular flexibility index (Phi) is 15.1. The number of carbonyl (C=O) groups excluding carboxylic acids is 4. The van der Waals surface area contributed by atoms with E-state index in [9.17, 15) is 24.3 Å². The van der Waals surface area contributed by atoms with E-state index < -0.39 is 35.0 Å². The lowest BCUT2D eigenvalue weighted by molar-refractivity contribution is -0.144. The second-order valence-electron chi connectivity index (χ2n) is 15.7. The van der Waals surface area contributed by atoms with Crippen molar-refractivity contribution in [1.29, 1.82) is 0 Å². The van der Waals surface area contributed by atoms with Crippen molar-refractivity contribution in [2.24, 2.45) is 16.9 Å². The molecular formula is C40H54Cl2N6O6S. The number of likely N-dealkylation sites (tertiary alicyclic amines) is 1. The summed E-state index contributed by atoms with van der Waals surface area (Å²) in [6.07, 6.45) is 3.45. The minimum atomic E-state index is -0.902. The van der Waals surface area contributed by atoms with E-state index in [4.69, 9.17) is 27.8 Å². The molecule has 0 spiro atoms. The number of hydrogen-bond donors (Lipinski definition) is 5. The molecule has 1 saturated carbocycles. The molecule has 3 aromatic rings. The van der Waals surface area contributed by atoms with E-state index in [1.807, 2.05) is 69.6 Å². The summed E-state index contributed by atoms with van der Waals surface area (Å²) in [6, 6.07) is 11.5. The average Bonchev–Trinajstić information content (AvgIpc) is 3.59. The smallest absolute Gasteiger partial charge is 0.246 e. The van der Waals surface area contributed by atoms with E-state index in [0.717, 1.165) is 40.1 Å². The molecule has 0 radical (unpaired) electrons. The van der Waals surface area contributed by atoms with Crippen LogP contribution in [0.4, 0.5) is 0 Å². The number of aryl methyl sites for hydroxylation is 2. The molecule has 7 N–H and O–H groups in total. The molecule has 1 saturated heterocycles. The minimum absolute atomic E-state index is 0. The van der Waals surface area contributed by atoms with Gasteiger partial charge in [-0.05, 0) is 73.6 Å². The topological polar surface area (TPSA) is 190 Å². The van der Waals surface area contributed by atoms with Gasteiger partial charge in [-0.1, -0.05) is 68.8 Å². The van der Waals surface area contributed by atoms with Crippen molar-refractivity contribution in [3.8, 4) is 16.2 Å². The molecule has 300 valence electrons. The number of nitrogens with one attached hydrogen (secondary N) is 2. The predicted molar refractivity (Wildman–Crippen MR) is 217 cm³/mol. The van der Waals surface area contributed by atoms with Crippen LogP contribution in [0.3, 0.4) is 0 Å². The summed E-state index contributed by atoms with van der Waals surface area (Å²) < 4.78 is 5.80. The number of aliphatic hydroxyl groups excluding tert-OH is 1. The summed E-state index contributed by atoms with van der Waals surface area (Å²) >= 11 is 8.20. The molecular weight excluding hydrogens is 763 g/mol. The van der Waals surface area contributed by atoms with Crippen molar-refractivity contribution in [3.05, 3.63) is 69.8 Å². The Hall–Kier alpha value is -3.75. The number of nitrogens with zero attached hydrogens (tertiary/aromatic N) is 2. The number of halogens is 2. The monoisotopic (exact) mass is 816 g/mol. The number of hydrogen-bond acceptors (Lipinski definition) is 9. The molecule has 2 aromatic carbocycles. The zero-order valence-electron chi connectivity index (χ0n) is 31.9. The Morgan fingerprint density at radius 2 is 1.82 bits per heavy atom. The first-order valence-corrected chi connectivity index (χ1v) is 19.9. The van der Waals surface area contributed by atoms with Crippen LogP contribution < -0.4 is 26.8 Å². The molecule has 1 aliphatic carbocycles. The van der Waals surface area contributed by atoms with Crippen LogP contribution >= 0.6 is 35.3 Å². The van der Waals surface area contributed by atoms with Crippen LogP contribution in [-0.2, 0) is 31.1 Å². The number of β-amino-alcohol motifs (C(OH)–C–C–N with tert-alkyl or cyclic N) is 1. The summed E-state index contributed by atoms with van der Waals surface area (Å²) in [4.78, 5) is 59.1. The predicted octanol–water partition coefficient (Wildman–Crippen LogP) is 5.18. The van der Waals surface area contributed by atoms with Gasteiger partial charge in [0.05, 0.1) is 32.7 Å². The summed E-state index contributed by atoms with van der Waals surface area (Å²) in [5, 5.41) is 17.3. The first-order chi connectivity index (χ1) is 25.6. The quantitative estimate of drug-likeness (QED) is 0.115. The molecule has 2 aliphatic rings. The molecule has 4 atom stereocenters. The highest BCUT2D eigenvalue weighted by molar-refractivity contribution is 7.13. The van der Waals surface area contributed by atoms with Gasteiger partial charge in [-0.15, -0.1) is 23.7 Å². The zero-order chi connectivity index (χ0) is 39.2. The van der Waals surface area contributed by atoms with Gasteiger partial charge in [-0.2, -0.15) is 0 Å². The van der Waals surface area contributed by atoms with Gasteiger partial charge in [0.1, 0.15) is 24.4 Å². The Balaban J connectivity index is 0.00000673. The van der Waals surface area contributed by atoms with Gasteiger partial charge in [0.2, 0.25) is 23.6 Å². The Labute approximate surface area is 338 Å². The first-order valence-electron chi connectivity index (χ1n) is 18.6. The highest BCUT2D eigenvalue weighted by Crippen LogP contribution is 2.46. The summed E-state index contributed by atoms with van der Waals surface area (Å²) in [5.74, 6) is -0.887. The number of thiazole rings is 1. The van der Waals surface area contributed by atoms with Gasteiger partial charge in [0.25, 0.3) is 0 Å². The zero-order valence-corrected chi connectivity index (χ0v) is 34.3. The normalized spacial score (nSPS) is 18.5. The van der Waals surface area contributed by atoms with Crippen LogP contribution in [0.1, 0.15) is 89.0 Å².